The first-order valence-corrected chi connectivity index (χ1v) is 5.06. The van der Waals surface area contributed by atoms with Crippen molar-refractivity contribution in [2.45, 2.75) is 12.1 Å². The SMILES string of the molecule is C=Cc1cc([N+](=O)[O-])ccc1OCC(F)(F)C(F)(F)F. The van der Waals surface area contributed by atoms with Crippen molar-refractivity contribution in [1.82, 2.24) is 0 Å². The Morgan fingerprint density at radius 2 is 1.90 bits per heavy atom. The van der Waals surface area contributed by atoms with E-state index in [0.29, 0.717) is 0 Å². The summed E-state index contributed by atoms with van der Waals surface area (Å²) in [5.74, 6) is -5.37. The first kappa shape index (κ1) is 15.9. The normalized spacial score (nSPS) is 12.1. The lowest BCUT2D eigenvalue weighted by atomic mass is 10.2. The summed E-state index contributed by atoms with van der Waals surface area (Å²) < 4.78 is 65.6. The number of nitro benzene ring substituents is 1. The van der Waals surface area contributed by atoms with Crippen LogP contribution in [0.2, 0.25) is 0 Å². The molecular formula is C11H8F5NO3. The van der Waals surface area contributed by atoms with E-state index in [2.05, 4.69) is 11.3 Å². The molecule has 0 fully saturated rings. The minimum Gasteiger partial charge on any atom is -0.486 e. The predicted molar refractivity (Wildman–Crippen MR) is 59.7 cm³/mol. The maximum Gasteiger partial charge on any atom is 0.456 e. The maximum absolute atomic E-state index is 12.7. The average molecular weight is 297 g/mol. The molecule has 0 saturated carbocycles. The molecule has 0 aliphatic carbocycles. The number of rotatable bonds is 5. The quantitative estimate of drug-likeness (QED) is 0.471. The van der Waals surface area contributed by atoms with Gasteiger partial charge in [0.25, 0.3) is 5.69 Å². The van der Waals surface area contributed by atoms with Crippen molar-refractivity contribution < 1.29 is 31.6 Å². The van der Waals surface area contributed by atoms with Crippen molar-refractivity contribution in [2.24, 2.45) is 0 Å². The number of nitro groups is 1. The van der Waals surface area contributed by atoms with Gasteiger partial charge in [-0.25, -0.2) is 0 Å². The topological polar surface area (TPSA) is 52.4 Å². The van der Waals surface area contributed by atoms with Crippen molar-refractivity contribution in [2.75, 3.05) is 6.61 Å². The van der Waals surface area contributed by atoms with Crippen LogP contribution in [0.15, 0.2) is 24.8 Å². The highest BCUT2D eigenvalue weighted by atomic mass is 19.4. The van der Waals surface area contributed by atoms with Gasteiger partial charge in [-0.2, -0.15) is 22.0 Å². The molecule has 9 heteroatoms. The van der Waals surface area contributed by atoms with Gasteiger partial charge in [-0.15, -0.1) is 0 Å². The standard InChI is InChI=1S/C11H8F5NO3/c1-2-7-5-8(17(18)19)3-4-9(7)20-6-10(12,13)11(14,15)16/h2-5H,1,6H2. The molecule has 0 saturated heterocycles. The second-order valence-corrected chi connectivity index (χ2v) is 3.67. The molecule has 0 bridgehead atoms. The van der Waals surface area contributed by atoms with Gasteiger partial charge in [0.1, 0.15) is 5.75 Å². The fraction of sp³-hybridized carbons (Fsp3) is 0.273. The Morgan fingerprint density at radius 3 is 2.35 bits per heavy atom. The lowest BCUT2D eigenvalue weighted by molar-refractivity contribution is -0.384. The Labute approximate surface area is 109 Å². The van der Waals surface area contributed by atoms with E-state index in [9.17, 15) is 32.1 Å². The number of benzene rings is 1. The predicted octanol–water partition coefficient (Wildman–Crippen LogP) is 3.81. The monoisotopic (exact) mass is 297 g/mol. The van der Waals surface area contributed by atoms with Crippen LogP contribution in [0.25, 0.3) is 6.08 Å². The minimum absolute atomic E-state index is 0.0582. The van der Waals surface area contributed by atoms with Crippen LogP contribution in [0.5, 0.6) is 5.75 Å². The molecule has 1 rings (SSSR count). The summed E-state index contributed by atoms with van der Waals surface area (Å²) >= 11 is 0. The Kier molecular flexibility index (Phi) is 4.31. The zero-order chi connectivity index (χ0) is 15.6. The van der Waals surface area contributed by atoms with Crippen molar-refractivity contribution in [3.8, 4) is 5.75 Å². The number of ether oxygens (including phenoxy) is 1. The maximum atomic E-state index is 12.7. The molecule has 0 unspecified atom stereocenters. The van der Waals surface area contributed by atoms with Crippen LogP contribution in [0, 0.1) is 10.1 Å². The van der Waals surface area contributed by atoms with Crippen LogP contribution in [-0.2, 0) is 0 Å². The highest BCUT2D eigenvalue weighted by molar-refractivity contribution is 5.59. The highest BCUT2D eigenvalue weighted by Crippen LogP contribution is 2.36. The van der Waals surface area contributed by atoms with Crippen LogP contribution in [0.4, 0.5) is 27.6 Å². The second-order valence-electron chi connectivity index (χ2n) is 3.67. The van der Waals surface area contributed by atoms with E-state index in [1.54, 1.807) is 0 Å². The third-order valence-corrected chi connectivity index (χ3v) is 2.25. The van der Waals surface area contributed by atoms with Gasteiger partial charge in [0.2, 0.25) is 0 Å². The van der Waals surface area contributed by atoms with Gasteiger partial charge in [0.05, 0.1) is 4.92 Å². The summed E-state index contributed by atoms with van der Waals surface area (Å²) in [5, 5.41) is 10.5. The first-order valence-electron chi connectivity index (χ1n) is 5.06. The van der Waals surface area contributed by atoms with E-state index in [4.69, 9.17) is 0 Å². The Hall–Kier alpha value is -2.19. The van der Waals surface area contributed by atoms with Gasteiger partial charge < -0.3 is 4.74 Å². The molecule has 0 aromatic heterocycles. The zero-order valence-electron chi connectivity index (χ0n) is 9.79. The summed E-state index contributed by atoms with van der Waals surface area (Å²) in [7, 11) is 0. The Balaban J connectivity index is 2.94. The smallest absolute Gasteiger partial charge is 0.456 e. The molecule has 0 N–H and O–H groups in total. The fourth-order valence-corrected chi connectivity index (χ4v) is 1.19. The lowest BCUT2D eigenvalue weighted by Crippen LogP contribution is -2.41. The van der Waals surface area contributed by atoms with Gasteiger partial charge in [0, 0.05) is 17.7 Å². The molecule has 0 amide bonds. The summed E-state index contributed by atoms with van der Waals surface area (Å²) in [6, 6.07) is 2.81. The molecule has 0 atom stereocenters. The number of halogens is 5. The van der Waals surface area contributed by atoms with Crippen LogP contribution >= 0.6 is 0 Å². The molecule has 1 aromatic carbocycles. The molecule has 0 radical (unpaired) electrons. The summed E-state index contributed by atoms with van der Waals surface area (Å²) in [6.45, 7) is 1.35. The second kappa shape index (κ2) is 5.43. The number of alkyl halides is 5. The minimum atomic E-state index is -5.73. The van der Waals surface area contributed by atoms with E-state index >= 15 is 0 Å². The van der Waals surface area contributed by atoms with Gasteiger partial charge in [-0.05, 0) is 6.07 Å². The molecule has 20 heavy (non-hydrogen) atoms. The molecule has 0 heterocycles. The third-order valence-electron chi connectivity index (χ3n) is 2.25. The van der Waals surface area contributed by atoms with E-state index in [1.165, 1.54) is 0 Å². The average Bonchev–Trinajstić information content (AvgIpc) is 2.34. The molecule has 0 aliphatic heterocycles. The summed E-state index contributed by atoms with van der Waals surface area (Å²) in [6.07, 6.45) is -4.68. The van der Waals surface area contributed by atoms with Crippen molar-refractivity contribution in [3.63, 3.8) is 0 Å². The summed E-state index contributed by atoms with van der Waals surface area (Å²) in [4.78, 5) is 9.74. The van der Waals surface area contributed by atoms with E-state index in [-0.39, 0.29) is 17.0 Å². The fourth-order valence-electron chi connectivity index (χ4n) is 1.19. The number of nitrogens with zero attached hydrogens (tertiary/aromatic N) is 1. The van der Waals surface area contributed by atoms with E-state index in [0.717, 1.165) is 24.3 Å². The van der Waals surface area contributed by atoms with Gasteiger partial charge in [0.15, 0.2) is 6.61 Å². The molecule has 0 spiro atoms. The van der Waals surface area contributed by atoms with Crippen LogP contribution < -0.4 is 4.74 Å². The van der Waals surface area contributed by atoms with Crippen molar-refractivity contribution in [3.05, 3.63) is 40.5 Å². The lowest BCUT2D eigenvalue weighted by Gasteiger charge is -2.20. The van der Waals surface area contributed by atoms with Gasteiger partial charge in [-0.3, -0.25) is 10.1 Å². The largest absolute Gasteiger partial charge is 0.486 e. The van der Waals surface area contributed by atoms with Crippen LogP contribution in [0.3, 0.4) is 0 Å². The number of non-ortho nitro benzene ring substituents is 1. The van der Waals surface area contributed by atoms with Crippen molar-refractivity contribution in [1.29, 1.82) is 0 Å². The Bertz CT molecular complexity index is 527. The van der Waals surface area contributed by atoms with Crippen LogP contribution in [0.1, 0.15) is 5.56 Å². The van der Waals surface area contributed by atoms with E-state index < -0.39 is 23.6 Å². The zero-order valence-corrected chi connectivity index (χ0v) is 9.79. The third kappa shape index (κ3) is 3.43. The summed E-state index contributed by atoms with van der Waals surface area (Å²) in [5.41, 5.74) is -0.424. The van der Waals surface area contributed by atoms with Gasteiger partial charge in [-0.1, -0.05) is 12.7 Å². The van der Waals surface area contributed by atoms with Crippen molar-refractivity contribution >= 4 is 11.8 Å². The highest BCUT2D eigenvalue weighted by Gasteiger charge is 2.58. The molecule has 110 valence electrons. The molecule has 1 aromatic rings. The van der Waals surface area contributed by atoms with Gasteiger partial charge >= 0.3 is 12.1 Å². The number of hydrogen-bond acceptors (Lipinski definition) is 3. The molecule has 0 aliphatic rings. The molecule has 4 nitrogen and oxygen atoms in total. The Morgan fingerprint density at radius 1 is 1.30 bits per heavy atom. The van der Waals surface area contributed by atoms with Crippen LogP contribution in [-0.4, -0.2) is 23.6 Å². The van der Waals surface area contributed by atoms with E-state index in [1.807, 2.05) is 0 Å². The first-order chi connectivity index (χ1) is 9.08. The molecular weight excluding hydrogens is 289 g/mol. The number of hydrogen-bond donors (Lipinski definition) is 0.